The van der Waals surface area contributed by atoms with Crippen molar-refractivity contribution in [2.75, 3.05) is 5.88 Å². The summed E-state index contributed by atoms with van der Waals surface area (Å²) in [5, 5.41) is 9.13. The van der Waals surface area contributed by atoms with Crippen LogP contribution in [0.4, 0.5) is 0 Å². The SMILES string of the molecule is O=C(O)c1cc(=O)c2cc(C=CCCl)ccc2o1. The minimum absolute atomic E-state index is 0.253. The summed E-state index contributed by atoms with van der Waals surface area (Å²) in [5.41, 5.74) is 0.677. The van der Waals surface area contributed by atoms with Crippen molar-refractivity contribution in [1.82, 2.24) is 0 Å². The van der Waals surface area contributed by atoms with Gasteiger partial charge in [0.1, 0.15) is 5.58 Å². The summed E-state index contributed by atoms with van der Waals surface area (Å²) in [6.45, 7) is 0. The van der Waals surface area contributed by atoms with E-state index in [1.165, 1.54) is 0 Å². The molecule has 0 aliphatic carbocycles. The van der Waals surface area contributed by atoms with Crippen LogP contribution >= 0.6 is 11.6 Å². The van der Waals surface area contributed by atoms with Crippen molar-refractivity contribution in [2.24, 2.45) is 0 Å². The fourth-order valence-corrected chi connectivity index (χ4v) is 1.65. The Bertz CT molecular complexity index is 685. The number of benzene rings is 1. The zero-order valence-electron chi connectivity index (χ0n) is 9.22. The molecular formula is C13H9ClO4. The average Bonchev–Trinajstić information content (AvgIpc) is 2.36. The fourth-order valence-electron chi connectivity index (χ4n) is 1.56. The van der Waals surface area contributed by atoms with E-state index < -0.39 is 5.97 Å². The quantitative estimate of drug-likeness (QED) is 0.866. The van der Waals surface area contributed by atoms with Crippen LogP contribution in [0.15, 0.2) is 39.6 Å². The van der Waals surface area contributed by atoms with Crippen molar-refractivity contribution < 1.29 is 14.3 Å². The van der Waals surface area contributed by atoms with E-state index >= 15 is 0 Å². The number of rotatable bonds is 3. The van der Waals surface area contributed by atoms with E-state index in [0.717, 1.165) is 11.6 Å². The molecule has 4 nitrogen and oxygen atoms in total. The molecule has 1 aromatic heterocycles. The van der Waals surface area contributed by atoms with Crippen LogP contribution in [-0.2, 0) is 0 Å². The molecular weight excluding hydrogens is 256 g/mol. The number of aromatic carboxylic acids is 1. The molecule has 0 fully saturated rings. The fraction of sp³-hybridized carbons (Fsp3) is 0.0769. The smallest absolute Gasteiger partial charge is 0.371 e. The molecule has 0 atom stereocenters. The van der Waals surface area contributed by atoms with Gasteiger partial charge < -0.3 is 9.52 Å². The van der Waals surface area contributed by atoms with Crippen LogP contribution < -0.4 is 5.43 Å². The third-order valence-corrected chi connectivity index (χ3v) is 2.54. The van der Waals surface area contributed by atoms with Gasteiger partial charge in [0.25, 0.3) is 0 Å². The number of carbonyl (C=O) groups is 1. The summed E-state index contributed by atoms with van der Waals surface area (Å²) < 4.78 is 5.11. The van der Waals surface area contributed by atoms with Crippen molar-refractivity contribution in [3.8, 4) is 0 Å². The van der Waals surface area contributed by atoms with Gasteiger partial charge >= 0.3 is 5.97 Å². The number of hydrogen-bond donors (Lipinski definition) is 1. The summed E-state index contributed by atoms with van der Waals surface area (Å²) in [7, 11) is 0. The van der Waals surface area contributed by atoms with E-state index in [2.05, 4.69) is 0 Å². The van der Waals surface area contributed by atoms with Crippen LogP contribution in [0.2, 0.25) is 0 Å². The van der Waals surface area contributed by atoms with Gasteiger partial charge in [-0.15, -0.1) is 11.6 Å². The summed E-state index contributed by atoms with van der Waals surface area (Å²) in [6, 6.07) is 5.90. The predicted molar refractivity (Wildman–Crippen MR) is 69.2 cm³/mol. The Morgan fingerprint density at radius 3 is 2.83 bits per heavy atom. The molecule has 0 aliphatic rings. The van der Waals surface area contributed by atoms with Crippen LogP contribution in [0.1, 0.15) is 16.1 Å². The molecule has 18 heavy (non-hydrogen) atoms. The van der Waals surface area contributed by atoms with Crippen LogP contribution in [0.5, 0.6) is 0 Å². The van der Waals surface area contributed by atoms with E-state index in [9.17, 15) is 9.59 Å². The van der Waals surface area contributed by atoms with E-state index in [-0.39, 0.29) is 16.8 Å². The lowest BCUT2D eigenvalue weighted by Crippen LogP contribution is -2.06. The highest BCUT2D eigenvalue weighted by molar-refractivity contribution is 6.19. The molecule has 1 aromatic carbocycles. The van der Waals surface area contributed by atoms with Crippen molar-refractivity contribution in [3.63, 3.8) is 0 Å². The molecule has 0 saturated heterocycles. The van der Waals surface area contributed by atoms with Gasteiger partial charge in [-0.1, -0.05) is 18.2 Å². The van der Waals surface area contributed by atoms with Gasteiger partial charge in [-0.2, -0.15) is 0 Å². The van der Waals surface area contributed by atoms with Crippen molar-refractivity contribution in [2.45, 2.75) is 0 Å². The van der Waals surface area contributed by atoms with Gasteiger partial charge in [0.15, 0.2) is 5.43 Å². The molecule has 0 spiro atoms. The Labute approximate surface area is 107 Å². The van der Waals surface area contributed by atoms with Crippen molar-refractivity contribution in [1.29, 1.82) is 0 Å². The zero-order chi connectivity index (χ0) is 13.1. The summed E-state index contributed by atoms with van der Waals surface area (Å²) in [4.78, 5) is 22.5. The number of alkyl halides is 1. The van der Waals surface area contributed by atoms with Crippen molar-refractivity contribution in [3.05, 3.63) is 51.9 Å². The zero-order valence-corrected chi connectivity index (χ0v) is 9.98. The highest BCUT2D eigenvalue weighted by atomic mass is 35.5. The number of allylic oxidation sites excluding steroid dienone is 1. The minimum Gasteiger partial charge on any atom is -0.475 e. The highest BCUT2D eigenvalue weighted by Crippen LogP contribution is 2.15. The third-order valence-electron chi connectivity index (χ3n) is 2.36. The van der Waals surface area contributed by atoms with Gasteiger partial charge in [0, 0.05) is 11.9 Å². The topological polar surface area (TPSA) is 67.5 Å². The second-order valence-corrected chi connectivity index (χ2v) is 3.90. The molecule has 0 bridgehead atoms. The lowest BCUT2D eigenvalue weighted by atomic mass is 10.1. The molecule has 0 unspecified atom stereocenters. The van der Waals surface area contributed by atoms with Gasteiger partial charge in [-0.25, -0.2) is 4.79 Å². The first kappa shape index (κ1) is 12.4. The maximum absolute atomic E-state index is 11.8. The monoisotopic (exact) mass is 264 g/mol. The number of hydrogen-bond acceptors (Lipinski definition) is 3. The molecule has 1 heterocycles. The molecule has 0 radical (unpaired) electrons. The van der Waals surface area contributed by atoms with Crippen LogP contribution in [-0.4, -0.2) is 17.0 Å². The predicted octanol–water partition coefficient (Wildman–Crippen LogP) is 2.74. The second-order valence-electron chi connectivity index (χ2n) is 3.59. The Kier molecular flexibility index (Phi) is 3.48. The first-order chi connectivity index (χ1) is 8.61. The van der Waals surface area contributed by atoms with E-state index in [1.54, 1.807) is 30.4 Å². The van der Waals surface area contributed by atoms with Gasteiger partial charge in [-0.05, 0) is 17.7 Å². The first-order valence-corrected chi connectivity index (χ1v) is 5.69. The maximum Gasteiger partial charge on any atom is 0.371 e. The maximum atomic E-state index is 11.8. The molecule has 92 valence electrons. The Morgan fingerprint density at radius 2 is 2.17 bits per heavy atom. The molecule has 2 aromatic rings. The highest BCUT2D eigenvalue weighted by Gasteiger charge is 2.10. The van der Waals surface area contributed by atoms with Crippen LogP contribution in [0, 0.1) is 0 Å². The van der Waals surface area contributed by atoms with E-state index in [0.29, 0.717) is 11.3 Å². The molecule has 1 N–H and O–H groups in total. The normalized spacial score (nSPS) is 11.2. The average molecular weight is 265 g/mol. The number of fused-ring (bicyclic) bond motifs is 1. The molecule has 0 aliphatic heterocycles. The molecule has 0 amide bonds. The summed E-state index contributed by atoms with van der Waals surface area (Å²) in [5.74, 6) is -1.25. The largest absolute Gasteiger partial charge is 0.475 e. The lowest BCUT2D eigenvalue weighted by molar-refractivity contribution is 0.0663. The third kappa shape index (κ3) is 2.43. The first-order valence-electron chi connectivity index (χ1n) is 5.15. The lowest BCUT2D eigenvalue weighted by Gasteiger charge is -2.00. The van der Waals surface area contributed by atoms with E-state index in [1.807, 2.05) is 0 Å². The van der Waals surface area contributed by atoms with Gasteiger partial charge in [0.05, 0.1) is 5.39 Å². The standard InChI is InChI=1S/C13H9ClO4/c14-5-1-2-8-3-4-11-9(6-8)10(15)7-12(18-11)13(16)17/h1-4,6-7H,5H2,(H,16,17). The second kappa shape index (κ2) is 5.06. The number of halogens is 1. The van der Waals surface area contributed by atoms with Crippen LogP contribution in [0.25, 0.3) is 17.0 Å². The number of carboxylic acid groups (broad SMARTS) is 1. The Morgan fingerprint density at radius 1 is 1.39 bits per heavy atom. The minimum atomic E-state index is -1.26. The van der Waals surface area contributed by atoms with Gasteiger partial charge in [0.2, 0.25) is 5.76 Å². The Hall–Kier alpha value is -2.07. The van der Waals surface area contributed by atoms with Crippen LogP contribution in [0.3, 0.4) is 0 Å². The number of carboxylic acids is 1. The van der Waals surface area contributed by atoms with E-state index in [4.69, 9.17) is 21.1 Å². The Balaban J connectivity index is 2.62. The summed E-state index contributed by atoms with van der Waals surface area (Å²) >= 11 is 5.52. The van der Waals surface area contributed by atoms with Gasteiger partial charge in [-0.3, -0.25) is 4.79 Å². The molecule has 5 heteroatoms. The molecule has 2 rings (SSSR count). The van der Waals surface area contributed by atoms with Crippen molar-refractivity contribution >= 4 is 34.6 Å². The summed E-state index contributed by atoms with van der Waals surface area (Å²) in [6.07, 6.45) is 3.52. The molecule has 0 saturated carbocycles.